The van der Waals surface area contributed by atoms with Crippen molar-refractivity contribution in [1.29, 1.82) is 0 Å². The molecule has 0 bridgehead atoms. The molecule has 0 amide bonds. The van der Waals surface area contributed by atoms with Gasteiger partial charge in [0, 0.05) is 17.8 Å². The number of nitrogens with zero attached hydrogens (tertiary/aromatic N) is 2. The Morgan fingerprint density at radius 1 is 1.64 bits per heavy atom. The summed E-state index contributed by atoms with van der Waals surface area (Å²) < 4.78 is 1.73. The molecule has 3 heteroatoms. The summed E-state index contributed by atoms with van der Waals surface area (Å²) in [6.07, 6.45) is 5.50. The zero-order valence-corrected chi connectivity index (χ0v) is 6.45. The molecule has 1 saturated carbocycles. The highest BCUT2D eigenvalue weighted by molar-refractivity contribution is 5.03. The molecule has 1 aliphatic carbocycles. The molecule has 0 aromatic carbocycles. The lowest BCUT2D eigenvalue weighted by molar-refractivity contribution is 0.681. The monoisotopic (exact) mass is 150 g/mol. The number of hydrogen-bond donors (Lipinski definition) is 0. The lowest BCUT2D eigenvalue weighted by Crippen LogP contribution is -2.20. The van der Waals surface area contributed by atoms with E-state index in [1.165, 1.54) is 0 Å². The van der Waals surface area contributed by atoms with Gasteiger partial charge in [0.2, 0.25) is 0 Å². The van der Waals surface area contributed by atoms with Crippen molar-refractivity contribution in [3.63, 3.8) is 0 Å². The van der Waals surface area contributed by atoms with Gasteiger partial charge >= 0.3 is 0 Å². The van der Waals surface area contributed by atoms with E-state index in [4.69, 9.17) is 0 Å². The summed E-state index contributed by atoms with van der Waals surface area (Å²) in [5.41, 5.74) is 0.849. The predicted molar refractivity (Wildman–Crippen MR) is 41.5 cm³/mol. The molecule has 0 spiro atoms. The van der Waals surface area contributed by atoms with Crippen LogP contribution in [0.15, 0.2) is 17.3 Å². The second-order valence-electron chi connectivity index (χ2n) is 3.02. The van der Waals surface area contributed by atoms with Gasteiger partial charge in [0.15, 0.2) is 0 Å². The smallest absolute Gasteiger partial charge is 0.256 e. The molecule has 0 aliphatic heterocycles. The molecule has 0 atom stereocenters. The Labute approximate surface area is 64.7 Å². The molecule has 0 N–H and O–H groups in total. The van der Waals surface area contributed by atoms with Crippen LogP contribution in [0.1, 0.15) is 24.4 Å². The van der Waals surface area contributed by atoms with Crippen molar-refractivity contribution >= 4 is 0 Å². The summed E-state index contributed by atoms with van der Waals surface area (Å²) in [7, 11) is 0. The zero-order chi connectivity index (χ0) is 7.84. The summed E-state index contributed by atoms with van der Waals surface area (Å²) in [5.74, 6) is 0. The Morgan fingerprint density at radius 2 is 2.36 bits per heavy atom. The summed E-state index contributed by atoms with van der Waals surface area (Å²) in [4.78, 5) is 15.3. The minimum Gasteiger partial charge on any atom is -0.296 e. The van der Waals surface area contributed by atoms with Crippen molar-refractivity contribution in [3.8, 4) is 0 Å². The maximum absolute atomic E-state index is 11.4. The molecule has 11 heavy (non-hydrogen) atoms. The van der Waals surface area contributed by atoms with Crippen LogP contribution >= 0.6 is 0 Å². The van der Waals surface area contributed by atoms with Crippen LogP contribution < -0.4 is 5.56 Å². The third kappa shape index (κ3) is 1.06. The standard InChI is InChI=1S/C8H10N2O/c1-6-4-9-5-10(8(6)11)7-2-3-7/h4-5,7H,2-3H2,1H3. The summed E-state index contributed by atoms with van der Waals surface area (Å²) in [5, 5.41) is 0. The normalized spacial score (nSPS) is 16.8. The Balaban J connectivity index is 2.54. The summed E-state index contributed by atoms with van der Waals surface area (Å²) in [6, 6.07) is 0.440. The molecule has 58 valence electrons. The minimum atomic E-state index is 0.113. The first-order valence-electron chi connectivity index (χ1n) is 3.82. The van der Waals surface area contributed by atoms with Gasteiger partial charge in [-0.25, -0.2) is 4.98 Å². The fourth-order valence-electron chi connectivity index (χ4n) is 1.14. The highest BCUT2D eigenvalue weighted by atomic mass is 16.1. The van der Waals surface area contributed by atoms with E-state index >= 15 is 0 Å². The molecule has 2 rings (SSSR count). The van der Waals surface area contributed by atoms with Crippen molar-refractivity contribution in [1.82, 2.24) is 9.55 Å². The SMILES string of the molecule is Cc1cncn(C2CC2)c1=O. The minimum absolute atomic E-state index is 0.113. The van der Waals surface area contributed by atoms with E-state index in [-0.39, 0.29) is 5.56 Å². The van der Waals surface area contributed by atoms with Crippen LogP contribution in [0.25, 0.3) is 0 Å². The van der Waals surface area contributed by atoms with Gasteiger partial charge in [-0.15, -0.1) is 0 Å². The Morgan fingerprint density at radius 3 is 3.00 bits per heavy atom. The molecule has 1 aliphatic rings. The van der Waals surface area contributed by atoms with Gasteiger partial charge in [-0.2, -0.15) is 0 Å². The van der Waals surface area contributed by atoms with E-state index in [2.05, 4.69) is 4.98 Å². The zero-order valence-electron chi connectivity index (χ0n) is 6.45. The van der Waals surface area contributed by atoms with E-state index in [0.717, 1.165) is 18.4 Å². The predicted octanol–water partition coefficient (Wildman–Crippen LogP) is 0.887. The van der Waals surface area contributed by atoms with Gasteiger partial charge in [-0.3, -0.25) is 9.36 Å². The second-order valence-corrected chi connectivity index (χ2v) is 3.02. The number of hydrogen-bond acceptors (Lipinski definition) is 2. The van der Waals surface area contributed by atoms with Crippen LogP contribution in [0.2, 0.25) is 0 Å². The van der Waals surface area contributed by atoms with Crippen LogP contribution in [-0.4, -0.2) is 9.55 Å². The maximum atomic E-state index is 11.4. The van der Waals surface area contributed by atoms with Gasteiger partial charge in [-0.1, -0.05) is 0 Å². The average molecular weight is 150 g/mol. The third-order valence-electron chi connectivity index (χ3n) is 1.97. The molecule has 1 aromatic rings. The maximum Gasteiger partial charge on any atom is 0.256 e. The molecule has 0 saturated heterocycles. The van der Waals surface area contributed by atoms with Gasteiger partial charge < -0.3 is 0 Å². The average Bonchev–Trinajstić information content (AvgIpc) is 2.77. The Bertz CT molecular complexity index is 325. The molecular formula is C8H10N2O. The van der Waals surface area contributed by atoms with E-state index in [1.807, 2.05) is 0 Å². The number of aromatic nitrogens is 2. The highest BCUT2D eigenvalue weighted by Gasteiger charge is 2.24. The van der Waals surface area contributed by atoms with Crippen LogP contribution in [-0.2, 0) is 0 Å². The van der Waals surface area contributed by atoms with E-state index < -0.39 is 0 Å². The van der Waals surface area contributed by atoms with E-state index in [1.54, 1.807) is 24.0 Å². The van der Waals surface area contributed by atoms with E-state index in [9.17, 15) is 4.79 Å². The lowest BCUT2D eigenvalue weighted by atomic mass is 10.4. The second kappa shape index (κ2) is 2.19. The quantitative estimate of drug-likeness (QED) is 0.595. The molecular weight excluding hydrogens is 140 g/mol. The molecule has 1 fully saturated rings. The van der Waals surface area contributed by atoms with Gasteiger partial charge in [0.25, 0.3) is 5.56 Å². The fourth-order valence-corrected chi connectivity index (χ4v) is 1.14. The highest BCUT2D eigenvalue weighted by Crippen LogP contribution is 2.32. The molecule has 0 radical (unpaired) electrons. The van der Waals surface area contributed by atoms with Crippen LogP contribution in [0, 0.1) is 6.92 Å². The molecule has 1 aromatic heterocycles. The van der Waals surface area contributed by atoms with Gasteiger partial charge in [0.1, 0.15) is 0 Å². The first-order chi connectivity index (χ1) is 5.29. The van der Waals surface area contributed by atoms with Crippen molar-refractivity contribution in [2.24, 2.45) is 0 Å². The van der Waals surface area contributed by atoms with Gasteiger partial charge in [-0.05, 0) is 19.8 Å². The number of aryl methyl sites for hydroxylation is 1. The van der Waals surface area contributed by atoms with Crippen molar-refractivity contribution in [2.75, 3.05) is 0 Å². The van der Waals surface area contributed by atoms with E-state index in [0.29, 0.717) is 6.04 Å². The summed E-state index contributed by atoms with van der Waals surface area (Å²) in [6.45, 7) is 1.80. The lowest BCUT2D eigenvalue weighted by Gasteiger charge is -2.01. The molecule has 3 nitrogen and oxygen atoms in total. The topological polar surface area (TPSA) is 34.9 Å². The first-order valence-corrected chi connectivity index (χ1v) is 3.82. The third-order valence-corrected chi connectivity index (χ3v) is 1.97. The molecule has 0 unspecified atom stereocenters. The molecule has 1 heterocycles. The van der Waals surface area contributed by atoms with Crippen molar-refractivity contribution < 1.29 is 0 Å². The Hall–Kier alpha value is -1.12. The fraction of sp³-hybridized carbons (Fsp3) is 0.500. The van der Waals surface area contributed by atoms with Crippen LogP contribution in [0.5, 0.6) is 0 Å². The summed E-state index contributed by atoms with van der Waals surface area (Å²) >= 11 is 0. The largest absolute Gasteiger partial charge is 0.296 e. The van der Waals surface area contributed by atoms with Crippen molar-refractivity contribution in [3.05, 3.63) is 28.4 Å². The van der Waals surface area contributed by atoms with Gasteiger partial charge in [0.05, 0.1) is 6.33 Å². The Kier molecular flexibility index (Phi) is 1.31. The first kappa shape index (κ1) is 6.58. The van der Waals surface area contributed by atoms with Crippen LogP contribution in [0.3, 0.4) is 0 Å². The van der Waals surface area contributed by atoms with Crippen LogP contribution in [0.4, 0.5) is 0 Å². The number of rotatable bonds is 1. The van der Waals surface area contributed by atoms with Crippen molar-refractivity contribution in [2.45, 2.75) is 25.8 Å².